The molecule has 0 radical (unpaired) electrons. The molecule has 0 atom stereocenters. The fourth-order valence-corrected chi connectivity index (χ4v) is 1.32. The highest BCUT2D eigenvalue weighted by Crippen LogP contribution is 2.08. The SMILES string of the molecule is CC1=NC(=O)CC(c2cccnc2)=N1. The third-order valence-corrected chi connectivity index (χ3v) is 1.90. The number of carbonyl (C=O) groups excluding carboxylic acids is 1. The molecule has 0 aliphatic carbocycles. The normalized spacial score (nSPS) is 16.2. The van der Waals surface area contributed by atoms with Gasteiger partial charge in [-0.2, -0.15) is 4.99 Å². The van der Waals surface area contributed by atoms with Crippen molar-refractivity contribution in [3.8, 4) is 0 Å². The van der Waals surface area contributed by atoms with Crippen molar-refractivity contribution in [3.63, 3.8) is 0 Å². The minimum atomic E-state index is -0.142. The number of hydrogen-bond donors (Lipinski definition) is 0. The Morgan fingerprint density at radius 1 is 1.36 bits per heavy atom. The van der Waals surface area contributed by atoms with Crippen LogP contribution in [0.1, 0.15) is 18.9 Å². The van der Waals surface area contributed by atoms with Gasteiger partial charge >= 0.3 is 0 Å². The summed E-state index contributed by atoms with van der Waals surface area (Å²) in [7, 11) is 0. The van der Waals surface area contributed by atoms with Crippen LogP contribution in [0.5, 0.6) is 0 Å². The minimum Gasteiger partial charge on any atom is -0.272 e. The van der Waals surface area contributed by atoms with E-state index in [4.69, 9.17) is 0 Å². The van der Waals surface area contributed by atoms with E-state index in [1.807, 2.05) is 12.1 Å². The second kappa shape index (κ2) is 3.49. The number of pyridine rings is 1. The van der Waals surface area contributed by atoms with Crippen molar-refractivity contribution in [2.24, 2.45) is 9.98 Å². The van der Waals surface area contributed by atoms with Crippen LogP contribution in [0.2, 0.25) is 0 Å². The van der Waals surface area contributed by atoms with Gasteiger partial charge in [0.05, 0.1) is 12.1 Å². The number of hydrogen-bond acceptors (Lipinski definition) is 3. The van der Waals surface area contributed by atoms with Crippen molar-refractivity contribution < 1.29 is 4.79 Å². The van der Waals surface area contributed by atoms with E-state index < -0.39 is 0 Å². The largest absolute Gasteiger partial charge is 0.272 e. The number of amidine groups is 1. The predicted octanol–water partition coefficient (Wildman–Crippen LogP) is 1.22. The Kier molecular flexibility index (Phi) is 2.18. The highest BCUT2D eigenvalue weighted by atomic mass is 16.1. The lowest BCUT2D eigenvalue weighted by molar-refractivity contribution is -0.116. The number of carbonyl (C=O) groups is 1. The van der Waals surface area contributed by atoms with Crippen molar-refractivity contribution in [1.82, 2.24) is 4.98 Å². The van der Waals surface area contributed by atoms with Crippen molar-refractivity contribution in [2.75, 3.05) is 0 Å². The fourth-order valence-electron chi connectivity index (χ4n) is 1.32. The molecule has 0 saturated carbocycles. The highest BCUT2D eigenvalue weighted by molar-refractivity contribution is 6.19. The third kappa shape index (κ3) is 1.74. The summed E-state index contributed by atoms with van der Waals surface area (Å²) in [6, 6.07) is 3.71. The van der Waals surface area contributed by atoms with Gasteiger partial charge in [0.1, 0.15) is 5.84 Å². The maximum absolute atomic E-state index is 11.2. The van der Waals surface area contributed by atoms with Crippen LogP contribution in [0.3, 0.4) is 0 Å². The molecule has 1 aromatic rings. The van der Waals surface area contributed by atoms with Crippen LogP contribution >= 0.6 is 0 Å². The number of aliphatic imine (C=N–C) groups is 2. The molecule has 0 N–H and O–H groups in total. The first-order chi connectivity index (χ1) is 6.75. The van der Waals surface area contributed by atoms with Gasteiger partial charge in [-0.3, -0.25) is 9.78 Å². The third-order valence-electron chi connectivity index (χ3n) is 1.90. The van der Waals surface area contributed by atoms with E-state index >= 15 is 0 Å². The molecule has 0 spiro atoms. The molecule has 2 heterocycles. The highest BCUT2D eigenvalue weighted by Gasteiger charge is 2.14. The van der Waals surface area contributed by atoms with Crippen molar-refractivity contribution in [1.29, 1.82) is 0 Å². The zero-order valence-electron chi connectivity index (χ0n) is 7.77. The molecule has 1 aliphatic rings. The molecule has 0 saturated heterocycles. The Balaban J connectivity index is 2.37. The molecular formula is C10H9N3O. The number of amides is 1. The van der Waals surface area contributed by atoms with E-state index in [1.54, 1.807) is 19.3 Å². The second-order valence-electron chi connectivity index (χ2n) is 3.03. The number of rotatable bonds is 1. The summed E-state index contributed by atoms with van der Waals surface area (Å²) in [5.74, 6) is 0.372. The molecule has 1 aromatic heterocycles. The van der Waals surface area contributed by atoms with Crippen LogP contribution in [-0.4, -0.2) is 22.4 Å². The Labute approximate surface area is 81.4 Å². The molecule has 14 heavy (non-hydrogen) atoms. The average molecular weight is 187 g/mol. The summed E-state index contributed by atoms with van der Waals surface area (Å²) in [4.78, 5) is 23.1. The molecular weight excluding hydrogens is 178 g/mol. The summed E-state index contributed by atoms with van der Waals surface area (Å²) in [5.41, 5.74) is 1.63. The van der Waals surface area contributed by atoms with Crippen molar-refractivity contribution in [2.45, 2.75) is 13.3 Å². The summed E-state index contributed by atoms with van der Waals surface area (Å²) in [6.45, 7) is 1.72. The monoisotopic (exact) mass is 187 g/mol. The van der Waals surface area contributed by atoms with Crippen LogP contribution < -0.4 is 0 Å². The number of nitrogens with zero attached hydrogens (tertiary/aromatic N) is 3. The molecule has 1 amide bonds. The van der Waals surface area contributed by atoms with Crippen LogP contribution in [0.4, 0.5) is 0 Å². The van der Waals surface area contributed by atoms with Gasteiger partial charge in [-0.25, -0.2) is 4.99 Å². The molecule has 2 rings (SSSR count). The standard InChI is InChI=1S/C10H9N3O/c1-7-12-9(5-10(14)13-7)8-3-2-4-11-6-8/h2-4,6H,5H2,1H3. The lowest BCUT2D eigenvalue weighted by atomic mass is 10.1. The molecule has 4 heteroatoms. The molecule has 1 aliphatic heterocycles. The molecule has 70 valence electrons. The lowest BCUT2D eigenvalue weighted by Crippen LogP contribution is -2.15. The first-order valence-electron chi connectivity index (χ1n) is 4.32. The average Bonchev–Trinajstić information content (AvgIpc) is 2.18. The van der Waals surface area contributed by atoms with E-state index in [2.05, 4.69) is 15.0 Å². The minimum absolute atomic E-state index is 0.142. The van der Waals surface area contributed by atoms with Gasteiger partial charge in [0.2, 0.25) is 0 Å². The van der Waals surface area contributed by atoms with Crippen LogP contribution in [0.25, 0.3) is 0 Å². The maximum Gasteiger partial charge on any atom is 0.253 e. The van der Waals surface area contributed by atoms with Crippen molar-refractivity contribution >= 4 is 17.5 Å². The topological polar surface area (TPSA) is 54.7 Å². The Hall–Kier alpha value is -1.84. The quantitative estimate of drug-likeness (QED) is 0.663. The molecule has 4 nitrogen and oxygen atoms in total. The van der Waals surface area contributed by atoms with Crippen LogP contribution in [0.15, 0.2) is 34.5 Å². The van der Waals surface area contributed by atoms with Gasteiger partial charge < -0.3 is 0 Å². The first kappa shape index (κ1) is 8.74. The molecule has 0 aromatic carbocycles. The van der Waals surface area contributed by atoms with Gasteiger partial charge in [0.15, 0.2) is 0 Å². The van der Waals surface area contributed by atoms with Gasteiger partial charge in [-0.05, 0) is 13.0 Å². The number of aromatic nitrogens is 1. The smallest absolute Gasteiger partial charge is 0.253 e. The Morgan fingerprint density at radius 2 is 2.21 bits per heavy atom. The summed E-state index contributed by atoms with van der Waals surface area (Å²) in [5, 5.41) is 0. The van der Waals surface area contributed by atoms with E-state index in [-0.39, 0.29) is 12.3 Å². The van der Waals surface area contributed by atoms with Crippen LogP contribution in [0, 0.1) is 0 Å². The zero-order chi connectivity index (χ0) is 9.97. The van der Waals surface area contributed by atoms with Gasteiger partial charge in [0, 0.05) is 18.0 Å². The zero-order valence-corrected chi connectivity index (χ0v) is 7.77. The fraction of sp³-hybridized carbons (Fsp3) is 0.200. The first-order valence-corrected chi connectivity index (χ1v) is 4.32. The Morgan fingerprint density at radius 3 is 2.86 bits per heavy atom. The maximum atomic E-state index is 11.2. The predicted molar refractivity (Wildman–Crippen MR) is 53.5 cm³/mol. The summed E-state index contributed by atoms with van der Waals surface area (Å²) in [6.07, 6.45) is 3.66. The molecule has 0 unspecified atom stereocenters. The Bertz CT molecular complexity index is 420. The molecule has 0 fully saturated rings. The van der Waals surface area contributed by atoms with Gasteiger partial charge in [-0.1, -0.05) is 6.07 Å². The lowest BCUT2D eigenvalue weighted by Gasteiger charge is -2.08. The van der Waals surface area contributed by atoms with E-state index in [0.29, 0.717) is 5.84 Å². The van der Waals surface area contributed by atoms with E-state index in [9.17, 15) is 4.79 Å². The summed E-state index contributed by atoms with van der Waals surface area (Å²) < 4.78 is 0. The second-order valence-corrected chi connectivity index (χ2v) is 3.03. The van der Waals surface area contributed by atoms with Crippen molar-refractivity contribution in [3.05, 3.63) is 30.1 Å². The summed E-state index contributed by atoms with van der Waals surface area (Å²) >= 11 is 0. The van der Waals surface area contributed by atoms with Gasteiger partial charge in [-0.15, -0.1) is 0 Å². The van der Waals surface area contributed by atoms with E-state index in [1.165, 1.54) is 0 Å². The molecule has 0 bridgehead atoms. The van der Waals surface area contributed by atoms with E-state index in [0.717, 1.165) is 11.3 Å². The van der Waals surface area contributed by atoms with Gasteiger partial charge in [0.25, 0.3) is 5.91 Å². The van der Waals surface area contributed by atoms with Crippen LogP contribution in [-0.2, 0) is 4.79 Å².